The van der Waals surface area contributed by atoms with Crippen LogP contribution in [0.5, 0.6) is 0 Å². The first-order valence-electron chi connectivity index (χ1n) is 11.6. The van der Waals surface area contributed by atoms with Crippen molar-refractivity contribution in [2.45, 2.75) is 56.0 Å². The molecule has 176 valence electrons. The van der Waals surface area contributed by atoms with Gasteiger partial charge in [-0.25, -0.2) is 8.42 Å². The van der Waals surface area contributed by atoms with E-state index < -0.39 is 22.0 Å². The van der Waals surface area contributed by atoms with Crippen molar-refractivity contribution in [3.8, 4) is 0 Å². The van der Waals surface area contributed by atoms with Gasteiger partial charge < -0.3 is 10.6 Å². The van der Waals surface area contributed by atoms with Crippen LogP contribution >= 0.6 is 0 Å². The van der Waals surface area contributed by atoms with Gasteiger partial charge in [0, 0.05) is 31.1 Å². The van der Waals surface area contributed by atoms with Gasteiger partial charge in [-0.05, 0) is 61.4 Å². The third kappa shape index (κ3) is 6.00. The summed E-state index contributed by atoms with van der Waals surface area (Å²) >= 11 is 0. The molecule has 2 aromatic carbocycles. The lowest BCUT2D eigenvalue weighted by atomic mass is 10.0. The molecule has 1 aliphatic carbocycles. The molecule has 33 heavy (non-hydrogen) atoms. The minimum absolute atomic E-state index is 0.181. The van der Waals surface area contributed by atoms with Crippen LogP contribution < -0.4 is 10.6 Å². The Morgan fingerprint density at radius 3 is 2.21 bits per heavy atom. The van der Waals surface area contributed by atoms with Gasteiger partial charge in [-0.15, -0.1) is 0 Å². The predicted octanol–water partition coefficient (Wildman–Crippen LogP) is 2.73. The van der Waals surface area contributed by atoms with Gasteiger partial charge in [-0.2, -0.15) is 4.31 Å². The molecule has 0 bridgehead atoms. The maximum atomic E-state index is 12.9. The smallest absolute Gasteiger partial charge is 0.251 e. The van der Waals surface area contributed by atoms with Gasteiger partial charge in [-0.1, -0.05) is 37.3 Å². The highest BCUT2D eigenvalue weighted by Crippen LogP contribution is 2.24. The Hall–Kier alpha value is -2.71. The van der Waals surface area contributed by atoms with Crippen LogP contribution in [0, 0.1) is 5.92 Å². The molecule has 2 amide bonds. The number of piperidine rings is 1. The van der Waals surface area contributed by atoms with Gasteiger partial charge in [-0.3, -0.25) is 9.59 Å². The second kappa shape index (κ2) is 10.1. The van der Waals surface area contributed by atoms with Gasteiger partial charge in [0.25, 0.3) is 5.91 Å². The predicted molar refractivity (Wildman–Crippen MR) is 126 cm³/mol. The summed E-state index contributed by atoms with van der Waals surface area (Å²) in [5.74, 6) is -0.0747. The second-order valence-corrected chi connectivity index (χ2v) is 11.0. The molecule has 2 aromatic rings. The number of carbonyl (C=O) groups is 2. The first-order valence-corrected chi connectivity index (χ1v) is 13.0. The van der Waals surface area contributed by atoms with Gasteiger partial charge >= 0.3 is 0 Å². The molecule has 1 saturated carbocycles. The molecule has 1 saturated heterocycles. The van der Waals surface area contributed by atoms with Crippen molar-refractivity contribution in [3.05, 3.63) is 65.7 Å². The molecular formula is C25H31N3O4S. The Morgan fingerprint density at radius 1 is 0.970 bits per heavy atom. The van der Waals surface area contributed by atoms with Crippen LogP contribution in [0.4, 0.5) is 0 Å². The highest BCUT2D eigenvalue weighted by Gasteiger charge is 2.30. The zero-order valence-corrected chi connectivity index (χ0v) is 19.7. The molecular weight excluding hydrogens is 438 g/mol. The molecule has 1 unspecified atom stereocenters. The Kier molecular flexibility index (Phi) is 7.14. The number of carbonyl (C=O) groups excluding carboxylic acids is 2. The third-order valence-corrected chi connectivity index (χ3v) is 8.24. The topological polar surface area (TPSA) is 95.6 Å². The highest BCUT2D eigenvalue weighted by molar-refractivity contribution is 7.89. The highest BCUT2D eigenvalue weighted by atomic mass is 32.2. The molecule has 1 heterocycles. The summed E-state index contributed by atoms with van der Waals surface area (Å²) in [7, 11) is -3.57. The van der Waals surface area contributed by atoms with E-state index in [1.807, 2.05) is 30.3 Å². The summed E-state index contributed by atoms with van der Waals surface area (Å²) in [6, 6.07) is 15.0. The standard InChI is InChI=1S/C25H31N3O4S/c1-18-13-15-28(16-14-18)33(31,32)22-11-7-20(8-12-22)24(29)27-23(25(30)26-21-9-10-21)17-19-5-3-2-4-6-19/h2-8,11-12,18,21,23H,9-10,13-17H2,1H3,(H,26,30)(H,27,29). The van der Waals surface area contributed by atoms with Crippen LogP contribution in [-0.2, 0) is 21.2 Å². The first-order chi connectivity index (χ1) is 15.8. The molecule has 1 atom stereocenters. The zero-order valence-electron chi connectivity index (χ0n) is 18.9. The van der Waals surface area contributed by atoms with E-state index in [0.717, 1.165) is 31.2 Å². The Balaban J connectivity index is 1.44. The van der Waals surface area contributed by atoms with Crippen LogP contribution in [0.2, 0.25) is 0 Å². The monoisotopic (exact) mass is 469 g/mol. The summed E-state index contributed by atoms with van der Waals surface area (Å²) in [5, 5.41) is 5.79. The molecule has 4 rings (SSSR count). The molecule has 0 aromatic heterocycles. The fraction of sp³-hybridized carbons (Fsp3) is 0.440. The van der Waals surface area contributed by atoms with Crippen LogP contribution in [-0.4, -0.2) is 49.7 Å². The fourth-order valence-corrected chi connectivity index (χ4v) is 5.45. The average Bonchev–Trinajstić information content (AvgIpc) is 3.63. The number of sulfonamides is 1. The summed E-state index contributed by atoms with van der Waals surface area (Å²) < 4.78 is 27.4. The van der Waals surface area contributed by atoms with Gasteiger partial charge in [0.15, 0.2) is 0 Å². The Bertz CT molecular complexity index is 1070. The number of nitrogens with one attached hydrogen (secondary N) is 2. The Labute approximate surface area is 195 Å². The van der Waals surface area contributed by atoms with Crippen molar-refractivity contribution in [1.29, 1.82) is 0 Å². The summed E-state index contributed by atoms with van der Waals surface area (Å²) in [5.41, 5.74) is 1.27. The van der Waals surface area contributed by atoms with Crippen molar-refractivity contribution in [1.82, 2.24) is 14.9 Å². The van der Waals surface area contributed by atoms with E-state index in [0.29, 0.717) is 31.0 Å². The summed E-state index contributed by atoms with van der Waals surface area (Å²) in [6.45, 7) is 3.17. The minimum atomic E-state index is -3.57. The number of hydrogen-bond donors (Lipinski definition) is 2. The summed E-state index contributed by atoms with van der Waals surface area (Å²) in [6.07, 6.45) is 4.01. The molecule has 7 nitrogen and oxygen atoms in total. The van der Waals surface area contributed by atoms with E-state index in [1.165, 1.54) is 28.6 Å². The number of rotatable bonds is 8. The molecule has 2 N–H and O–H groups in total. The lowest BCUT2D eigenvalue weighted by molar-refractivity contribution is -0.123. The van der Waals surface area contributed by atoms with E-state index in [2.05, 4.69) is 17.6 Å². The van der Waals surface area contributed by atoms with Crippen molar-refractivity contribution in [3.63, 3.8) is 0 Å². The molecule has 2 aliphatic rings. The molecule has 1 aliphatic heterocycles. The maximum absolute atomic E-state index is 12.9. The lowest BCUT2D eigenvalue weighted by Crippen LogP contribution is -2.48. The van der Waals surface area contributed by atoms with Crippen molar-refractivity contribution in [2.24, 2.45) is 5.92 Å². The third-order valence-electron chi connectivity index (χ3n) is 6.33. The van der Waals surface area contributed by atoms with Crippen LogP contribution in [0.3, 0.4) is 0 Å². The Morgan fingerprint density at radius 2 is 1.61 bits per heavy atom. The SMILES string of the molecule is CC1CCN(S(=O)(=O)c2ccc(C(=O)NC(Cc3ccccc3)C(=O)NC3CC3)cc2)CC1. The van der Waals surface area contributed by atoms with E-state index in [9.17, 15) is 18.0 Å². The van der Waals surface area contributed by atoms with Crippen molar-refractivity contribution < 1.29 is 18.0 Å². The summed E-state index contributed by atoms with van der Waals surface area (Å²) in [4.78, 5) is 25.8. The zero-order chi connectivity index (χ0) is 23.4. The van der Waals surface area contributed by atoms with Crippen molar-refractivity contribution >= 4 is 21.8 Å². The lowest BCUT2D eigenvalue weighted by Gasteiger charge is -2.29. The fourth-order valence-electron chi connectivity index (χ4n) is 3.98. The van der Waals surface area contributed by atoms with Gasteiger partial charge in [0.2, 0.25) is 15.9 Å². The van der Waals surface area contributed by atoms with E-state index in [-0.39, 0.29) is 16.8 Å². The van der Waals surface area contributed by atoms with Crippen LogP contribution in [0.25, 0.3) is 0 Å². The molecule has 0 spiro atoms. The molecule has 8 heteroatoms. The quantitative estimate of drug-likeness (QED) is 0.621. The molecule has 2 fully saturated rings. The minimum Gasteiger partial charge on any atom is -0.352 e. The van der Waals surface area contributed by atoms with Gasteiger partial charge in [0.1, 0.15) is 6.04 Å². The first kappa shape index (κ1) is 23.4. The number of nitrogens with zero attached hydrogens (tertiary/aromatic N) is 1. The van der Waals surface area contributed by atoms with E-state index in [4.69, 9.17) is 0 Å². The normalized spacial score (nSPS) is 18.5. The van der Waals surface area contributed by atoms with E-state index in [1.54, 1.807) is 0 Å². The van der Waals surface area contributed by atoms with Crippen molar-refractivity contribution in [2.75, 3.05) is 13.1 Å². The largest absolute Gasteiger partial charge is 0.352 e. The second-order valence-electron chi connectivity index (χ2n) is 9.11. The van der Waals surface area contributed by atoms with E-state index >= 15 is 0 Å². The molecule has 0 radical (unpaired) electrons. The van der Waals surface area contributed by atoms with Crippen LogP contribution in [0.1, 0.15) is 48.5 Å². The average molecular weight is 470 g/mol. The number of amides is 2. The number of hydrogen-bond acceptors (Lipinski definition) is 4. The van der Waals surface area contributed by atoms with Crippen LogP contribution in [0.15, 0.2) is 59.5 Å². The number of benzene rings is 2. The van der Waals surface area contributed by atoms with Gasteiger partial charge in [0.05, 0.1) is 4.90 Å². The maximum Gasteiger partial charge on any atom is 0.251 e.